The third-order valence-corrected chi connectivity index (χ3v) is 4.18. The molecular weight excluding hydrogens is 302 g/mol. The van der Waals surface area contributed by atoms with Gasteiger partial charge in [0, 0.05) is 31.3 Å². The van der Waals surface area contributed by atoms with Crippen molar-refractivity contribution in [2.75, 3.05) is 11.9 Å². The van der Waals surface area contributed by atoms with E-state index >= 15 is 0 Å². The first-order valence-electron chi connectivity index (χ1n) is 7.75. The SMILES string of the molecule is CC(=O)N1CCc2ccc(NC(=O)c3cccc(C#N)c3)cc2C1. The predicted molar refractivity (Wildman–Crippen MR) is 90.3 cm³/mol. The van der Waals surface area contributed by atoms with Crippen molar-refractivity contribution in [1.82, 2.24) is 4.90 Å². The smallest absolute Gasteiger partial charge is 0.255 e. The molecule has 0 saturated carbocycles. The van der Waals surface area contributed by atoms with Crippen LogP contribution >= 0.6 is 0 Å². The van der Waals surface area contributed by atoms with E-state index in [-0.39, 0.29) is 11.8 Å². The van der Waals surface area contributed by atoms with Gasteiger partial charge >= 0.3 is 0 Å². The van der Waals surface area contributed by atoms with Crippen molar-refractivity contribution in [2.45, 2.75) is 19.9 Å². The van der Waals surface area contributed by atoms with E-state index in [4.69, 9.17) is 5.26 Å². The molecule has 0 fully saturated rings. The van der Waals surface area contributed by atoms with Gasteiger partial charge in [0.05, 0.1) is 11.6 Å². The number of nitrogens with zero attached hydrogens (tertiary/aromatic N) is 2. The summed E-state index contributed by atoms with van der Waals surface area (Å²) < 4.78 is 0. The fourth-order valence-electron chi connectivity index (χ4n) is 2.84. The van der Waals surface area contributed by atoms with Crippen LogP contribution in [0.5, 0.6) is 0 Å². The second-order valence-corrected chi connectivity index (χ2v) is 5.82. The van der Waals surface area contributed by atoms with Crippen LogP contribution in [0.25, 0.3) is 0 Å². The molecule has 1 N–H and O–H groups in total. The van der Waals surface area contributed by atoms with Crippen LogP contribution in [0, 0.1) is 11.3 Å². The highest BCUT2D eigenvalue weighted by molar-refractivity contribution is 6.04. The molecule has 0 atom stereocenters. The van der Waals surface area contributed by atoms with Crippen molar-refractivity contribution in [2.24, 2.45) is 0 Å². The first-order valence-corrected chi connectivity index (χ1v) is 7.75. The van der Waals surface area contributed by atoms with Crippen molar-refractivity contribution in [3.8, 4) is 6.07 Å². The van der Waals surface area contributed by atoms with Gasteiger partial charge in [0.2, 0.25) is 5.91 Å². The summed E-state index contributed by atoms with van der Waals surface area (Å²) in [6, 6.07) is 14.4. The average Bonchev–Trinajstić information content (AvgIpc) is 2.61. The summed E-state index contributed by atoms with van der Waals surface area (Å²) in [6.45, 7) is 2.87. The summed E-state index contributed by atoms with van der Waals surface area (Å²) >= 11 is 0. The number of carbonyl (C=O) groups excluding carboxylic acids is 2. The van der Waals surface area contributed by atoms with Gasteiger partial charge in [-0.1, -0.05) is 12.1 Å². The van der Waals surface area contributed by atoms with E-state index in [1.54, 1.807) is 36.1 Å². The van der Waals surface area contributed by atoms with Crippen LogP contribution in [-0.4, -0.2) is 23.3 Å². The summed E-state index contributed by atoms with van der Waals surface area (Å²) in [5.74, 6) is -0.199. The maximum absolute atomic E-state index is 12.3. The van der Waals surface area contributed by atoms with E-state index < -0.39 is 0 Å². The average molecular weight is 319 g/mol. The van der Waals surface area contributed by atoms with Crippen molar-refractivity contribution in [3.05, 3.63) is 64.7 Å². The van der Waals surface area contributed by atoms with Crippen LogP contribution in [-0.2, 0) is 17.8 Å². The highest BCUT2D eigenvalue weighted by Crippen LogP contribution is 2.23. The molecule has 2 aromatic carbocycles. The Balaban J connectivity index is 1.79. The monoisotopic (exact) mass is 319 g/mol. The van der Waals surface area contributed by atoms with Crippen LogP contribution in [0.2, 0.25) is 0 Å². The Bertz CT molecular complexity index is 852. The molecule has 2 amide bonds. The number of nitriles is 1. The molecule has 5 heteroatoms. The number of benzene rings is 2. The molecule has 0 spiro atoms. The number of fused-ring (bicyclic) bond motifs is 1. The van der Waals surface area contributed by atoms with Gasteiger partial charge in [-0.15, -0.1) is 0 Å². The maximum Gasteiger partial charge on any atom is 0.255 e. The van der Waals surface area contributed by atoms with Gasteiger partial charge in [0.15, 0.2) is 0 Å². The third kappa shape index (κ3) is 3.28. The van der Waals surface area contributed by atoms with Crippen LogP contribution in [0.4, 0.5) is 5.69 Å². The van der Waals surface area contributed by atoms with Crippen molar-refractivity contribution >= 4 is 17.5 Å². The first-order chi connectivity index (χ1) is 11.6. The highest BCUT2D eigenvalue weighted by atomic mass is 16.2. The minimum absolute atomic E-state index is 0.0587. The van der Waals surface area contributed by atoms with E-state index in [9.17, 15) is 9.59 Å². The Morgan fingerprint density at radius 3 is 2.75 bits per heavy atom. The maximum atomic E-state index is 12.3. The van der Waals surface area contributed by atoms with E-state index in [1.165, 1.54) is 5.56 Å². The summed E-state index contributed by atoms with van der Waals surface area (Å²) in [5.41, 5.74) is 3.84. The van der Waals surface area contributed by atoms with Gasteiger partial charge in [-0.2, -0.15) is 5.26 Å². The largest absolute Gasteiger partial charge is 0.338 e. The van der Waals surface area contributed by atoms with Crippen molar-refractivity contribution < 1.29 is 9.59 Å². The number of rotatable bonds is 2. The topological polar surface area (TPSA) is 73.2 Å². The Morgan fingerprint density at radius 1 is 1.17 bits per heavy atom. The number of amides is 2. The molecule has 1 aliphatic rings. The van der Waals surface area contributed by atoms with Crippen LogP contribution in [0.1, 0.15) is 34.0 Å². The minimum atomic E-state index is -0.258. The first kappa shape index (κ1) is 15.8. The number of hydrogen-bond acceptors (Lipinski definition) is 3. The van der Waals surface area contributed by atoms with Crippen LogP contribution in [0.15, 0.2) is 42.5 Å². The minimum Gasteiger partial charge on any atom is -0.338 e. The number of hydrogen-bond donors (Lipinski definition) is 1. The Labute approximate surface area is 140 Å². The lowest BCUT2D eigenvalue weighted by molar-refractivity contribution is -0.129. The second-order valence-electron chi connectivity index (χ2n) is 5.82. The van der Waals surface area contributed by atoms with E-state index in [1.807, 2.05) is 24.3 Å². The molecule has 1 heterocycles. The summed E-state index contributed by atoms with van der Waals surface area (Å²) in [6.07, 6.45) is 0.827. The van der Waals surface area contributed by atoms with Gasteiger partial charge in [-0.05, 0) is 47.9 Å². The zero-order chi connectivity index (χ0) is 17.1. The summed E-state index contributed by atoms with van der Waals surface area (Å²) in [7, 11) is 0. The lowest BCUT2D eigenvalue weighted by atomic mass is 9.99. The second kappa shape index (κ2) is 6.55. The normalized spacial score (nSPS) is 12.9. The summed E-state index contributed by atoms with van der Waals surface area (Å²) in [4.78, 5) is 25.7. The van der Waals surface area contributed by atoms with Gasteiger partial charge < -0.3 is 10.2 Å². The van der Waals surface area contributed by atoms with Gasteiger partial charge in [0.25, 0.3) is 5.91 Å². The third-order valence-electron chi connectivity index (χ3n) is 4.18. The molecule has 0 radical (unpaired) electrons. The molecule has 120 valence electrons. The molecule has 0 saturated heterocycles. The van der Waals surface area contributed by atoms with Gasteiger partial charge in [-0.25, -0.2) is 0 Å². The summed E-state index contributed by atoms with van der Waals surface area (Å²) in [5, 5.41) is 11.8. The Hall–Kier alpha value is -3.13. The predicted octanol–water partition coefficient (Wildman–Crippen LogP) is 2.72. The molecular formula is C19H17N3O2. The molecule has 24 heavy (non-hydrogen) atoms. The van der Waals surface area contributed by atoms with E-state index in [0.717, 1.165) is 18.5 Å². The molecule has 0 bridgehead atoms. The zero-order valence-electron chi connectivity index (χ0n) is 13.4. The molecule has 0 aliphatic carbocycles. The molecule has 2 aromatic rings. The number of nitrogens with one attached hydrogen (secondary N) is 1. The van der Waals surface area contributed by atoms with E-state index in [2.05, 4.69) is 5.32 Å². The van der Waals surface area contributed by atoms with Crippen LogP contribution < -0.4 is 5.32 Å². The lowest BCUT2D eigenvalue weighted by Crippen LogP contribution is -2.34. The Morgan fingerprint density at radius 2 is 2.00 bits per heavy atom. The standard InChI is InChI=1S/C19H17N3O2/c1-13(23)22-8-7-15-5-6-18(10-17(15)12-22)21-19(24)16-4-2-3-14(9-16)11-20/h2-6,9-10H,7-8,12H2,1H3,(H,21,24). The molecule has 0 unspecified atom stereocenters. The van der Waals surface area contributed by atoms with Crippen molar-refractivity contribution in [3.63, 3.8) is 0 Å². The molecule has 3 rings (SSSR count). The fraction of sp³-hybridized carbons (Fsp3) is 0.211. The zero-order valence-corrected chi connectivity index (χ0v) is 13.4. The number of carbonyl (C=O) groups is 2. The molecule has 1 aliphatic heterocycles. The Kier molecular flexibility index (Phi) is 4.30. The van der Waals surface area contributed by atoms with Gasteiger partial charge in [0.1, 0.15) is 0 Å². The highest BCUT2D eigenvalue weighted by Gasteiger charge is 2.18. The van der Waals surface area contributed by atoms with Gasteiger partial charge in [-0.3, -0.25) is 9.59 Å². The fourth-order valence-corrected chi connectivity index (χ4v) is 2.84. The van der Waals surface area contributed by atoms with E-state index in [0.29, 0.717) is 23.4 Å². The quantitative estimate of drug-likeness (QED) is 0.925. The molecule has 0 aromatic heterocycles. The number of anilines is 1. The van der Waals surface area contributed by atoms with Crippen molar-refractivity contribution in [1.29, 1.82) is 5.26 Å². The lowest BCUT2D eigenvalue weighted by Gasteiger charge is -2.28. The van der Waals surface area contributed by atoms with Crippen LogP contribution in [0.3, 0.4) is 0 Å². The molecule has 5 nitrogen and oxygen atoms in total.